The van der Waals surface area contributed by atoms with Crippen LogP contribution in [0.2, 0.25) is 0 Å². The lowest BCUT2D eigenvalue weighted by atomic mass is 9.82. The molecule has 5 heteroatoms. The Labute approximate surface area is 136 Å². The average molecular weight is 320 g/mol. The number of hydrogen-bond acceptors (Lipinski definition) is 3. The highest BCUT2D eigenvalue weighted by Gasteiger charge is 2.34. The van der Waals surface area contributed by atoms with Gasteiger partial charge in [0.25, 0.3) is 0 Å². The zero-order chi connectivity index (χ0) is 16.2. The van der Waals surface area contributed by atoms with E-state index in [1.54, 1.807) is 12.1 Å². The van der Waals surface area contributed by atoms with Crippen LogP contribution in [0.5, 0.6) is 0 Å². The quantitative estimate of drug-likeness (QED) is 0.876. The van der Waals surface area contributed by atoms with Crippen molar-refractivity contribution in [2.75, 3.05) is 0 Å². The van der Waals surface area contributed by atoms with Gasteiger partial charge in [-0.1, -0.05) is 18.2 Å². The number of halogens is 1. The molecule has 1 heterocycles. The van der Waals surface area contributed by atoms with Crippen LogP contribution in [0, 0.1) is 11.7 Å². The van der Waals surface area contributed by atoms with Crippen LogP contribution >= 0.6 is 0 Å². The smallest absolute Gasteiger partial charge is 0.234 e. The van der Waals surface area contributed by atoms with E-state index in [4.69, 9.17) is 10.5 Å². The van der Waals surface area contributed by atoms with E-state index in [2.05, 4.69) is 5.32 Å². The number of nitrogens with two attached hydrogens (primary N) is 1. The van der Waals surface area contributed by atoms with Crippen molar-refractivity contribution in [2.45, 2.75) is 63.3 Å². The van der Waals surface area contributed by atoms with E-state index in [1.165, 1.54) is 6.07 Å². The van der Waals surface area contributed by atoms with E-state index in [0.717, 1.165) is 38.5 Å². The van der Waals surface area contributed by atoms with Gasteiger partial charge in [-0.25, -0.2) is 4.39 Å². The molecule has 0 aromatic heterocycles. The Bertz CT molecular complexity index is 544. The van der Waals surface area contributed by atoms with Crippen LogP contribution in [0.3, 0.4) is 0 Å². The van der Waals surface area contributed by atoms with Crippen molar-refractivity contribution < 1.29 is 13.9 Å². The van der Waals surface area contributed by atoms with Crippen molar-refractivity contribution in [3.05, 3.63) is 35.6 Å². The highest BCUT2D eigenvalue weighted by atomic mass is 19.1. The van der Waals surface area contributed by atoms with Gasteiger partial charge in [0.15, 0.2) is 0 Å². The predicted molar refractivity (Wildman–Crippen MR) is 86.1 cm³/mol. The molecule has 0 radical (unpaired) electrons. The number of ether oxygens (including phenoxy) is 1. The van der Waals surface area contributed by atoms with E-state index < -0.39 is 0 Å². The fourth-order valence-corrected chi connectivity index (χ4v) is 3.85. The second-order valence-electron chi connectivity index (χ2n) is 6.74. The number of nitrogens with one attached hydrogen (secondary N) is 1. The fourth-order valence-electron chi connectivity index (χ4n) is 3.85. The SMILES string of the molecule is NC(=O)C1CCC(C2CCC(OCc3ccccc3F)CC2)N1. The largest absolute Gasteiger partial charge is 0.373 e. The maximum absolute atomic E-state index is 13.6. The molecule has 2 fully saturated rings. The zero-order valence-electron chi connectivity index (χ0n) is 13.3. The molecule has 3 rings (SSSR count). The van der Waals surface area contributed by atoms with Gasteiger partial charge < -0.3 is 15.8 Å². The van der Waals surface area contributed by atoms with Crippen molar-refractivity contribution in [1.82, 2.24) is 5.32 Å². The average Bonchev–Trinajstić information content (AvgIpc) is 3.05. The summed E-state index contributed by atoms with van der Waals surface area (Å²) in [4.78, 5) is 11.2. The number of benzene rings is 1. The molecule has 1 saturated carbocycles. The molecule has 0 spiro atoms. The maximum atomic E-state index is 13.6. The third kappa shape index (κ3) is 4.09. The third-order valence-corrected chi connectivity index (χ3v) is 5.25. The number of hydrogen-bond donors (Lipinski definition) is 2. The molecule has 2 unspecified atom stereocenters. The van der Waals surface area contributed by atoms with Crippen LogP contribution < -0.4 is 11.1 Å². The van der Waals surface area contributed by atoms with Gasteiger partial charge in [0.2, 0.25) is 5.91 Å². The molecule has 3 N–H and O–H groups in total. The summed E-state index contributed by atoms with van der Waals surface area (Å²) in [5.41, 5.74) is 5.99. The predicted octanol–water partition coefficient (Wildman–Crippen LogP) is 2.51. The summed E-state index contributed by atoms with van der Waals surface area (Å²) in [6.45, 7) is 0.341. The summed E-state index contributed by atoms with van der Waals surface area (Å²) < 4.78 is 19.5. The van der Waals surface area contributed by atoms with Gasteiger partial charge in [-0.2, -0.15) is 0 Å². The van der Waals surface area contributed by atoms with Crippen molar-refractivity contribution in [1.29, 1.82) is 0 Å². The zero-order valence-corrected chi connectivity index (χ0v) is 13.3. The molecule has 1 aliphatic heterocycles. The van der Waals surface area contributed by atoms with Gasteiger partial charge in [-0.15, -0.1) is 0 Å². The highest BCUT2D eigenvalue weighted by molar-refractivity contribution is 5.80. The highest BCUT2D eigenvalue weighted by Crippen LogP contribution is 2.33. The Morgan fingerprint density at radius 2 is 1.91 bits per heavy atom. The number of carbonyl (C=O) groups is 1. The minimum absolute atomic E-state index is 0.157. The van der Waals surface area contributed by atoms with E-state index in [-0.39, 0.29) is 23.9 Å². The second kappa shape index (κ2) is 7.41. The van der Waals surface area contributed by atoms with E-state index in [1.807, 2.05) is 6.07 Å². The van der Waals surface area contributed by atoms with Crippen molar-refractivity contribution >= 4 is 5.91 Å². The molecule has 1 aliphatic carbocycles. The van der Waals surface area contributed by atoms with Gasteiger partial charge in [0.05, 0.1) is 18.8 Å². The maximum Gasteiger partial charge on any atom is 0.234 e. The first kappa shape index (κ1) is 16.4. The van der Waals surface area contributed by atoms with Crippen LogP contribution in [-0.2, 0) is 16.1 Å². The number of rotatable bonds is 5. The normalized spacial score (nSPS) is 31.2. The van der Waals surface area contributed by atoms with E-state index in [9.17, 15) is 9.18 Å². The van der Waals surface area contributed by atoms with Crippen LogP contribution in [0.15, 0.2) is 24.3 Å². The minimum Gasteiger partial charge on any atom is -0.373 e. The summed E-state index contributed by atoms with van der Waals surface area (Å²) in [7, 11) is 0. The first-order valence-electron chi connectivity index (χ1n) is 8.54. The molecule has 1 saturated heterocycles. The molecule has 0 bridgehead atoms. The first-order chi connectivity index (χ1) is 11.1. The molecule has 1 amide bonds. The van der Waals surface area contributed by atoms with Gasteiger partial charge in [-0.05, 0) is 50.5 Å². The van der Waals surface area contributed by atoms with Crippen molar-refractivity contribution in [3.63, 3.8) is 0 Å². The van der Waals surface area contributed by atoms with Crippen LogP contribution in [0.25, 0.3) is 0 Å². The summed E-state index contributed by atoms with van der Waals surface area (Å²) in [5, 5.41) is 3.38. The van der Waals surface area contributed by atoms with Gasteiger partial charge in [0, 0.05) is 11.6 Å². The van der Waals surface area contributed by atoms with Crippen LogP contribution in [-0.4, -0.2) is 24.1 Å². The van der Waals surface area contributed by atoms with Crippen LogP contribution in [0.1, 0.15) is 44.1 Å². The third-order valence-electron chi connectivity index (χ3n) is 5.25. The molecule has 4 nitrogen and oxygen atoms in total. The Morgan fingerprint density at radius 3 is 2.57 bits per heavy atom. The topological polar surface area (TPSA) is 64.4 Å². The lowest BCUT2D eigenvalue weighted by Gasteiger charge is -2.32. The molecule has 1 aromatic carbocycles. The van der Waals surface area contributed by atoms with Gasteiger partial charge in [-0.3, -0.25) is 4.79 Å². The summed E-state index contributed by atoms with van der Waals surface area (Å²) in [6.07, 6.45) is 6.26. The lowest BCUT2D eigenvalue weighted by Crippen LogP contribution is -2.43. The molecule has 2 aliphatic rings. The number of amides is 1. The summed E-state index contributed by atoms with van der Waals surface area (Å²) >= 11 is 0. The monoisotopic (exact) mass is 320 g/mol. The minimum atomic E-state index is -0.241. The molecule has 126 valence electrons. The second-order valence-corrected chi connectivity index (χ2v) is 6.74. The molecular weight excluding hydrogens is 295 g/mol. The Balaban J connectivity index is 1.42. The fraction of sp³-hybridized carbons (Fsp3) is 0.611. The Kier molecular flexibility index (Phi) is 5.28. The Morgan fingerprint density at radius 1 is 1.17 bits per heavy atom. The number of carbonyl (C=O) groups excluding carboxylic acids is 1. The molecular formula is C18H25FN2O2. The van der Waals surface area contributed by atoms with Gasteiger partial charge in [0.1, 0.15) is 5.82 Å². The van der Waals surface area contributed by atoms with Crippen molar-refractivity contribution in [2.24, 2.45) is 11.7 Å². The van der Waals surface area contributed by atoms with Crippen LogP contribution in [0.4, 0.5) is 4.39 Å². The lowest BCUT2D eigenvalue weighted by molar-refractivity contribution is -0.119. The van der Waals surface area contributed by atoms with Gasteiger partial charge >= 0.3 is 0 Å². The standard InChI is InChI=1S/C18H25FN2O2/c19-15-4-2-1-3-13(15)11-23-14-7-5-12(6-8-14)16-9-10-17(21-16)18(20)22/h1-4,12,14,16-17,21H,5-11H2,(H2,20,22). The molecule has 2 atom stereocenters. The van der Waals surface area contributed by atoms with E-state index in [0.29, 0.717) is 24.1 Å². The van der Waals surface area contributed by atoms with E-state index >= 15 is 0 Å². The summed E-state index contributed by atoms with van der Waals surface area (Å²) in [6, 6.07) is 7.01. The Hall–Kier alpha value is -1.46. The van der Waals surface area contributed by atoms with Crippen molar-refractivity contribution in [3.8, 4) is 0 Å². The summed E-state index contributed by atoms with van der Waals surface area (Å²) in [5.74, 6) is 0.149. The molecule has 1 aromatic rings. The molecule has 23 heavy (non-hydrogen) atoms. The number of primary amides is 1. The first-order valence-corrected chi connectivity index (χ1v) is 8.54.